The molecule has 0 bridgehead atoms. The Morgan fingerprint density at radius 1 is 1.36 bits per heavy atom. The number of carbonyl (C=O) groups excluding carboxylic acids is 1. The van der Waals surface area contributed by atoms with Gasteiger partial charge in [-0.1, -0.05) is 37.3 Å². The van der Waals surface area contributed by atoms with E-state index in [-0.39, 0.29) is 18.4 Å². The first-order valence-corrected chi connectivity index (χ1v) is 7.94. The minimum absolute atomic E-state index is 0.266. The lowest BCUT2D eigenvalue weighted by Crippen LogP contribution is -2.25. The van der Waals surface area contributed by atoms with Gasteiger partial charge in [0.25, 0.3) is 0 Å². The second kappa shape index (κ2) is 8.09. The molecule has 136 valence electrons. The van der Waals surface area contributed by atoms with Crippen LogP contribution in [0.1, 0.15) is 25.8 Å². The van der Waals surface area contributed by atoms with E-state index < -0.39 is 12.5 Å². The van der Waals surface area contributed by atoms with Gasteiger partial charge in [0.2, 0.25) is 0 Å². The fraction of sp³-hybridized carbons (Fsp3) is 0.389. The summed E-state index contributed by atoms with van der Waals surface area (Å²) in [5.41, 5.74) is 1.71. The Kier molecular flexibility index (Phi) is 6.12. The first-order chi connectivity index (χ1) is 11.8. The van der Waals surface area contributed by atoms with Gasteiger partial charge in [0.05, 0.1) is 6.54 Å². The molecular weight excluding hydrogens is 335 g/mol. The van der Waals surface area contributed by atoms with Crippen LogP contribution in [0.5, 0.6) is 5.75 Å². The number of cyclic esters (lactones) is 1. The lowest BCUT2D eigenvalue weighted by molar-refractivity contribution is -0.274. The molecule has 0 aromatic heterocycles. The van der Waals surface area contributed by atoms with E-state index in [2.05, 4.69) is 4.74 Å². The SMILES string of the molecule is C/C=C\C=C(/CC)C1CN(Cc2ccc(OC(F)(F)F)cc2)C(=O)O1. The van der Waals surface area contributed by atoms with Crippen molar-refractivity contribution in [1.29, 1.82) is 0 Å². The second-order valence-corrected chi connectivity index (χ2v) is 5.57. The van der Waals surface area contributed by atoms with Crippen molar-refractivity contribution >= 4 is 6.09 Å². The Hall–Kier alpha value is -2.44. The Balaban J connectivity index is 2.00. The molecule has 25 heavy (non-hydrogen) atoms. The normalized spacial score (nSPS) is 18.8. The van der Waals surface area contributed by atoms with Gasteiger partial charge in [0, 0.05) is 6.54 Å². The highest BCUT2D eigenvalue weighted by atomic mass is 19.4. The number of benzene rings is 1. The largest absolute Gasteiger partial charge is 0.573 e. The standard InChI is InChI=1S/C18H20F3NO3/c1-3-5-6-14(4-2)16-12-22(17(23)24-16)11-13-7-9-15(10-8-13)25-18(19,20)21/h3,5-10,16H,4,11-12H2,1-2H3/b5-3-,14-6+. The summed E-state index contributed by atoms with van der Waals surface area (Å²) in [5.74, 6) is -0.291. The maximum absolute atomic E-state index is 12.2. The summed E-state index contributed by atoms with van der Waals surface area (Å²) in [4.78, 5) is 13.6. The van der Waals surface area contributed by atoms with E-state index >= 15 is 0 Å². The van der Waals surface area contributed by atoms with Crippen LogP contribution in [-0.2, 0) is 11.3 Å². The molecule has 4 nitrogen and oxygen atoms in total. The number of carbonyl (C=O) groups is 1. The van der Waals surface area contributed by atoms with Crippen molar-refractivity contribution in [2.75, 3.05) is 6.54 Å². The quantitative estimate of drug-likeness (QED) is 0.687. The molecule has 1 aliphatic heterocycles. The number of rotatable bonds is 6. The molecule has 1 fully saturated rings. The number of nitrogens with zero attached hydrogens (tertiary/aromatic N) is 1. The molecule has 0 saturated carbocycles. The molecule has 0 spiro atoms. The maximum Gasteiger partial charge on any atom is 0.573 e. The van der Waals surface area contributed by atoms with Crippen molar-refractivity contribution in [3.63, 3.8) is 0 Å². The van der Waals surface area contributed by atoms with Gasteiger partial charge in [-0.3, -0.25) is 4.90 Å². The van der Waals surface area contributed by atoms with Crippen molar-refractivity contribution in [1.82, 2.24) is 4.90 Å². The zero-order valence-electron chi connectivity index (χ0n) is 14.0. The van der Waals surface area contributed by atoms with Crippen LogP contribution in [0, 0.1) is 0 Å². The molecule has 0 aliphatic carbocycles. The van der Waals surface area contributed by atoms with Crippen LogP contribution in [0.15, 0.2) is 48.1 Å². The minimum atomic E-state index is -4.72. The molecule has 1 saturated heterocycles. The third-order valence-corrected chi connectivity index (χ3v) is 3.74. The number of allylic oxidation sites excluding steroid dienone is 3. The molecule has 0 radical (unpaired) electrons. The van der Waals surface area contributed by atoms with Gasteiger partial charge >= 0.3 is 12.5 Å². The fourth-order valence-electron chi connectivity index (χ4n) is 2.52. The summed E-state index contributed by atoms with van der Waals surface area (Å²) >= 11 is 0. The zero-order chi connectivity index (χ0) is 18.4. The van der Waals surface area contributed by atoms with Gasteiger partial charge in [0.1, 0.15) is 11.9 Å². The number of hydrogen-bond donors (Lipinski definition) is 0. The van der Waals surface area contributed by atoms with Gasteiger partial charge in [-0.2, -0.15) is 0 Å². The van der Waals surface area contributed by atoms with E-state index in [1.54, 1.807) is 0 Å². The topological polar surface area (TPSA) is 38.8 Å². The highest BCUT2D eigenvalue weighted by Gasteiger charge is 2.33. The van der Waals surface area contributed by atoms with E-state index in [0.717, 1.165) is 12.0 Å². The van der Waals surface area contributed by atoms with Crippen molar-refractivity contribution in [2.45, 2.75) is 39.3 Å². The Morgan fingerprint density at radius 2 is 2.04 bits per heavy atom. The Bertz CT molecular complexity index is 651. The summed E-state index contributed by atoms with van der Waals surface area (Å²) in [7, 11) is 0. The van der Waals surface area contributed by atoms with Gasteiger partial charge in [-0.05, 0) is 36.6 Å². The number of amides is 1. The summed E-state index contributed by atoms with van der Waals surface area (Å²) in [5, 5.41) is 0. The maximum atomic E-state index is 12.2. The van der Waals surface area contributed by atoms with E-state index in [1.807, 2.05) is 32.1 Å². The lowest BCUT2D eigenvalue weighted by Gasteiger charge is -2.14. The van der Waals surface area contributed by atoms with Crippen LogP contribution >= 0.6 is 0 Å². The molecule has 1 amide bonds. The summed E-state index contributed by atoms with van der Waals surface area (Å²) in [6.07, 6.45) is 1.04. The van der Waals surface area contributed by atoms with E-state index in [4.69, 9.17) is 4.74 Å². The van der Waals surface area contributed by atoms with Crippen molar-refractivity contribution in [3.8, 4) is 5.75 Å². The molecule has 1 aromatic carbocycles. The van der Waals surface area contributed by atoms with Gasteiger partial charge in [-0.15, -0.1) is 13.2 Å². The Morgan fingerprint density at radius 3 is 2.60 bits per heavy atom. The predicted octanol–water partition coefficient (Wildman–Crippen LogP) is 4.82. The molecule has 2 rings (SSSR count). The Labute approximate surface area is 144 Å². The molecular formula is C18H20F3NO3. The van der Waals surface area contributed by atoms with Gasteiger partial charge < -0.3 is 9.47 Å². The molecule has 1 atom stereocenters. The lowest BCUT2D eigenvalue weighted by atomic mass is 10.1. The molecule has 1 aliphatic rings. The summed E-state index contributed by atoms with van der Waals surface area (Å²) in [6.45, 7) is 4.58. The molecule has 7 heteroatoms. The van der Waals surface area contributed by atoms with Crippen LogP contribution in [-0.4, -0.2) is 30.0 Å². The third-order valence-electron chi connectivity index (χ3n) is 3.74. The molecule has 0 N–H and O–H groups in total. The van der Waals surface area contributed by atoms with Crippen molar-refractivity contribution in [3.05, 3.63) is 53.6 Å². The minimum Gasteiger partial charge on any atom is -0.440 e. The van der Waals surface area contributed by atoms with Crippen LogP contribution < -0.4 is 4.74 Å². The van der Waals surface area contributed by atoms with Gasteiger partial charge in [0.15, 0.2) is 0 Å². The smallest absolute Gasteiger partial charge is 0.440 e. The van der Waals surface area contributed by atoms with Gasteiger partial charge in [-0.25, -0.2) is 4.79 Å². The first-order valence-electron chi connectivity index (χ1n) is 7.94. The van der Waals surface area contributed by atoms with Crippen molar-refractivity contribution < 1.29 is 27.4 Å². The monoisotopic (exact) mass is 355 g/mol. The average molecular weight is 355 g/mol. The molecule has 1 aromatic rings. The average Bonchev–Trinajstić information content (AvgIpc) is 2.89. The number of alkyl halides is 3. The van der Waals surface area contributed by atoms with Crippen LogP contribution in [0.25, 0.3) is 0 Å². The number of ether oxygens (including phenoxy) is 2. The number of halogens is 3. The first kappa shape index (κ1) is 18.9. The van der Waals surface area contributed by atoms with Crippen molar-refractivity contribution in [2.24, 2.45) is 0 Å². The summed E-state index contributed by atoms with van der Waals surface area (Å²) in [6, 6.07) is 5.45. The highest BCUT2D eigenvalue weighted by Crippen LogP contribution is 2.25. The van der Waals surface area contributed by atoms with Crippen LogP contribution in [0.3, 0.4) is 0 Å². The van der Waals surface area contributed by atoms with E-state index in [0.29, 0.717) is 12.1 Å². The predicted molar refractivity (Wildman–Crippen MR) is 87.0 cm³/mol. The second-order valence-electron chi connectivity index (χ2n) is 5.57. The summed E-state index contributed by atoms with van der Waals surface area (Å²) < 4.78 is 45.7. The van der Waals surface area contributed by atoms with E-state index in [1.165, 1.54) is 29.2 Å². The molecule has 1 unspecified atom stereocenters. The fourth-order valence-corrected chi connectivity index (χ4v) is 2.52. The van der Waals surface area contributed by atoms with Crippen LogP contribution in [0.4, 0.5) is 18.0 Å². The highest BCUT2D eigenvalue weighted by molar-refractivity contribution is 5.70. The number of hydrogen-bond acceptors (Lipinski definition) is 3. The third kappa shape index (κ3) is 5.55. The van der Waals surface area contributed by atoms with E-state index in [9.17, 15) is 18.0 Å². The molecule has 1 heterocycles. The van der Waals surface area contributed by atoms with Crippen LogP contribution in [0.2, 0.25) is 0 Å². The zero-order valence-corrected chi connectivity index (χ0v) is 14.0.